The maximum Gasteiger partial charge on any atom is 2.00 e. The van der Waals surface area contributed by atoms with Crippen molar-refractivity contribution in [1.29, 1.82) is 0 Å². The van der Waals surface area contributed by atoms with Crippen molar-refractivity contribution in [2.24, 2.45) is 16.9 Å². The summed E-state index contributed by atoms with van der Waals surface area (Å²) in [6.45, 7) is 4.63. The number of carbonyl (C=O) groups excluding carboxylic acids is 2. The number of carbonyl (C=O) groups is 2. The first-order valence-electron chi connectivity index (χ1n) is 5.20. The first-order chi connectivity index (χ1) is 8.29. The van der Waals surface area contributed by atoms with Crippen LogP contribution >= 0.6 is 0 Å². The molecule has 8 nitrogen and oxygen atoms in total. The van der Waals surface area contributed by atoms with E-state index >= 15 is 0 Å². The summed E-state index contributed by atoms with van der Waals surface area (Å²) in [5.74, 6) is -2.17. The molecule has 0 spiro atoms. The topological polar surface area (TPSA) is 151 Å². The summed E-state index contributed by atoms with van der Waals surface area (Å²) in [5, 5.41) is 17.8. The largest absolute Gasteiger partial charge is 2.00 e. The smallest absolute Gasteiger partial charge is 0.550 e. The second-order valence-corrected chi connectivity index (χ2v) is 3.71. The Morgan fingerprint density at radius 3 is 1.47 bits per heavy atom. The molecule has 1 aliphatic heterocycles. The average molecular weight is 459 g/mol. The molecule has 0 aromatic rings. The van der Waals surface area contributed by atoms with Crippen molar-refractivity contribution in [1.82, 2.24) is 0 Å². The zero-order chi connectivity index (χ0) is 14.6. The summed E-state index contributed by atoms with van der Waals surface area (Å²) >= 11 is 0. The third-order valence-electron chi connectivity index (χ3n) is 1.85. The molecule has 116 valence electrons. The SMILES string of the molecule is CC(=O)[O-].CC(=O)[O-].NCC1(CN)COCOC1.[Pt+2]. The van der Waals surface area contributed by atoms with Gasteiger partial charge in [-0.05, 0) is 13.8 Å². The van der Waals surface area contributed by atoms with E-state index in [1.165, 1.54) is 0 Å². The van der Waals surface area contributed by atoms with Gasteiger partial charge in [0.15, 0.2) is 0 Å². The van der Waals surface area contributed by atoms with E-state index in [1.807, 2.05) is 0 Å². The molecule has 0 aromatic heterocycles. The van der Waals surface area contributed by atoms with Gasteiger partial charge in [0.2, 0.25) is 0 Å². The molecule has 0 atom stereocenters. The minimum atomic E-state index is -1.08. The number of ether oxygens (including phenoxy) is 2. The molecule has 0 bridgehead atoms. The molecular formula is C10H20N2O6Pt. The maximum absolute atomic E-state index is 8.89. The van der Waals surface area contributed by atoms with Crippen molar-refractivity contribution in [3.8, 4) is 0 Å². The molecule has 0 saturated carbocycles. The molecule has 0 aromatic carbocycles. The van der Waals surface area contributed by atoms with Gasteiger partial charge in [0.25, 0.3) is 0 Å². The monoisotopic (exact) mass is 459 g/mol. The number of carboxylic acids is 2. The van der Waals surface area contributed by atoms with Crippen molar-refractivity contribution < 1.29 is 50.3 Å². The number of hydrogen-bond acceptors (Lipinski definition) is 8. The van der Waals surface area contributed by atoms with E-state index in [0.717, 1.165) is 13.8 Å². The van der Waals surface area contributed by atoms with Crippen LogP contribution in [0.5, 0.6) is 0 Å². The van der Waals surface area contributed by atoms with E-state index < -0.39 is 11.9 Å². The third-order valence-corrected chi connectivity index (χ3v) is 1.85. The Morgan fingerprint density at radius 2 is 1.32 bits per heavy atom. The molecule has 0 radical (unpaired) electrons. The van der Waals surface area contributed by atoms with Gasteiger partial charge in [0, 0.05) is 30.4 Å². The molecule has 1 aliphatic rings. The van der Waals surface area contributed by atoms with E-state index in [-0.39, 0.29) is 26.5 Å². The van der Waals surface area contributed by atoms with Crippen LogP contribution in [0.4, 0.5) is 0 Å². The molecule has 9 heteroatoms. The van der Waals surface area contributed by atoms with Crippen molar-refractivity contribution >= 4 is 11.9 Å². The van der Waals surface area contributed by atoms with Crippen LogP contribution in [-0.2, 0) is 40.1 Å². The maximum atomic E-state index is 8.89. The summed E-state index contributed by atoms with van der Waals surface area (Å²) in [6, 6.07) is 0. The summed E-state index contributed by atoms with van der Waals surface area (Å²) in [6.07, 6.45) is 0. The molecule has 1 saturated heterocycles. The Bertz CT molecular complexity index is 220. The second-order valence-electron chi connectivity index (χ2n) is 3.71. The van der Waals surface area contributed by atoms with Gasteiger partial charge in [0.1, 0.15) is 6.79 Å². The molecular weight excluding hydrogens is 439 g/mol. The van der Waals surface area contributed by atoms with Crippen LogP contribution in [0.2, 0.25) is 0 Å². The number of aliphatic carboxylic acids is 2. The molecule has 0 unspecified atom stereocenters. The van der Waals surface area contributed by atoms with Gasteiger partial charge in [-0.2, -0.15) is 0 Å². The fourth-order valence-electron chi connectivity index (χ4n) is 0.936. The standard InChI is InChI=1S/C6H14N2O2.2C2H4O2.Pt/c7-1-6(2-8)3-9-5-10-4-6;2*1-2(3)4;/h1-5,7-8H2;2*1H3,(H,3,4);/q;;;+2/p-2. The van der Waals surface area contributed by atoms with Gasteiger partial charge in [-0.15, -0.1) is 0 Å². The Kier molecular flexibility index (Phi) is 17.2. The molecule has 0 amide bonds. The van der Waals surface area contributed by atoms with E-state index in [2.05, 4.69) is 0 Å². The zero-order valence-corrected chi connectivity index (χ0v) is 13.2. The second kappa shape index (κ2) is 13.9. The molecule has 0 aliphatic carbocycles. The average Bonchev–Trinajstić information content (AvgIpc) is 2.28. The predicted molar refractivity (Wildman–Crippen MR) is 58.7 cm³/mol. The molecule has 1 rings (SSSR count). The number of hydrogen-bond donors (Lipinski definition) is 2. The first kappa shape index (κ1) is 23.6. The summed E-state index contributed by atoms with van der Waals surface area (Å²) in [7, 11) is 0. The van der Waals surface area contributed by atoms with Crippen LogP contribution in [0, 0.1) is 5.41 Å². The minimum Gasteiger partial charge on any atom is -0.550 e. The summed E-state index contributed by atoms with van der Waals surface area (Å²) < 4.78 is 10.2. The van der Waals surface area contributed by atoms with Crippen LogP contribution < -0.4 is 21.7 Å². The summed E-state index contributed by atoms with van der Waals surface area (Å²) in [5.41, 5.74) is 10.9. The number of carboxylic acid groups (broad SMARTS) is 2. The number of nitrogens with two attached hydrogens (primary N) is 2. The van der Waals surface area contributed by atoms with E-state index in [0.29, 0.717) is 33.1 Å². The minimum absolute atomic E-state index is 0. The van der Waals surface area contributed by atoms with Gasteiger partial charge >= 0.3 is 21.1 Å². The Hall–Kier alpha value is -0.532. The van der Waals surface area contributed by atoms with Crippen LogP contribution in [0.1, 0.15) is 13.8 Å². The van der Waals surface area contributed by atoms with Gasteiger partial charge in [0.05, 0.1) is 13.2 Å². The fourth-order valence-corrected chi connectivity index (χ4v) is 0.936. The molecule has 19 heavy (non-hydrogen) atoms. The van der Waals surface area contributed by atoms with Crippen LogP contribution in [0.15, 0.2) is 0 Å². The van der Waals surface area contributed by atoms with Gasteiger partial charge in [-0.3, -0.25) is 0 Å². The zero-order valence-electron chi connectivity index (χ0n) is 11.0. The Balaban J connectivity index is -0.000000242. The van der Waals surface area contributed by atoms with E-state index in [1.54, 1.807) is 0 Å². The number of rotatable bonds is 2. The van der Waals surface area contributed by atoms with Crippen molar-refractivity contribution in [2.45, 2.75) is 13.8 Å². The Labute approximate surface area is 126 Å². The summed E-state index contributed by atoms with van der Waals surface area (Å²) in [4.78, 5) is 17.8. The van der Waals surface area contributed by atoms with E-state index in [9.17, 15) is 0 Å². The normalized spacial score (nSPS) is 15.6. The van der Waals surface area contributed by atoms with Gasteiger partial charge in [-0.1, -0.05) is 0 Å². The van der Waals surface area contributed by atoms with Crippen molar-refractivity contribution in [3.05, 3.63) is 0 Å². The van der Waals surface area contributed by atoms with Crippen molar-refractivity contribution in [2.75, 3.05) is 33.1 Å². The van der Waals surface area contributed by atoms with Crippen LogP contribution in [0.25, 0.3) is 0 Å². The molecule has 1 fully saturated rings. The third kappa shape index (κ3) is 17.5. The Morgan fingerprint density at radius 1 is 1.05 bits per heavy atom. The van der Waals surface area contributed by atoms with E-state index in [4.69, 9.17) is 40.7 Å². The predicted octanol–water partition coefficient (Wildman–Crippen LogP) is -3.60. The first-order valence-corrected chi connectivity index (χ1v) is 5.20. The van der Waals surface area contributed by atoms with Gasteiger partial charge < -0.3 is 40.7 Å². The quantitative estimate of drug-likeness (QED) is 0.430. The molecule has 1 heterocycles. The van der Waals surface area contributed by atoms with Crippen LogP contribution in [0.3, 0.4) is 0 Å². The molecule has 4 N–H and O–H groups in total. The van der Waals surface area contributed by atoms with Gasteiger partial charge in [-0.25, -0.2) is 0 Å². The van der Waals surface area contributed by atoms with Crippen molar-refractivity contribution in [3.63, 3.8) is 0 Å². The van der Waals surface area contributed by atoms with Crippen LogP contribution in [-0.4, -0.2) is 45.0 Å². The fraction of sp³-hybridized carbons (Fsp3) is 0.800.